The lowest BCUT2D eigenvalue weighted by atomic mass is 10.3. The molecular weight excluding hydrogens is 210 g/mol. The number of hydrogen-bond donors (Lipinski definition) is 0. The van der Waals surface area contributed by atoms with E-state index in [4.69, 9.17) is 11.6 Å². The van der Waals surface area contributed by atoms with Crippen LogP contribution in [0.5, 0.6) is 0 Å². The van der Waals surface area contributed by atoms with Gasteiger partial charge in [0.15, 0.2) is 5.82 Å². The molecule has 0 N–H and O–H groups in total. The topological polar surface area (TPSA) is 30.7 Å². The Labute approximate surface area is 93.7 Å². The predicted octanol–water partition coefficient (Wildman–Crippen LogP) is 2.79. The molecule has 0 aliphatic rings. The normalized spacial score (nSPS) is 10.6. The first-order valence-corrected chi connectivity index (χ1v) is 5.27. The summed E-state index contributed by atoms with van der Waals surface area (Å²) in [5, 5.41) is 5.11. The monoisotopic (exact) mass is 221 g/mol. The molecule has 0 saturated carbocycles. The number of halogens is 1. The van der Waals surface area contributed by atoms with Crippen LogP contribution in [0.15, 0.2) is 24.4 Å². The number of rotatable bonds is 2. The second kappa shape index (κ2) is 4.03. The zero-order chi connectivity index (χ0) is 10.8. The molecule has 0 atom stereocenters. The molecule has 2 aromatic rings. The van der Waals surface area contributed by atoms with Crippen LogP contribution in [0.25, 0.3) is 5.82 Å². The third-order valence-corrected chi connectivity index (χ3v) is 2.77. The largest absolute Gasteiger partial charge is 0.237 e. The number of aromatic nitrogens is 3. The highest BCUT2D eigenvalue weighted by atomic mass is 35.5. The molecule has 0 aliphatic carbocycles. The molecule has 2 heterocycles. The fraction of sp³-hybridized carbons (Fsp3) is 0.273. The molecule has 0 bridgehead atoms. The lowest BCUT2D eigenvalue weighted by Gasteiger charge is -2.03. The van der Waals surface area contributed by atoms with Gasteiger partial charge in [-0.1, -0.05) is 24.6 Å². The van der Waals surface area contributed by atoms with Crippen molar-refractivity contribution in [2.45, 2.75) is 20.3 Å². The second-order valence-corrected chi connectivity index (χ2v) is 3.68. The van der Waals surface area contributed by atoms with E-state index in [0.29, 0.717) is 0 Å². The maximum absolute atomic E-state index is 6.15. The predicted molar refractivity (Wildman–Crippen MR) is 60.5 cm³/mol. The van der Waals surface area contributed by atoms with Gasteiger partial charge in [-0.05, 0) is 25.5 Å². The number of pyridine rings is 1. The fourth-order valence-electron chi connectivity index (χ4n) is 1.53. The zero-order valence-corrected chi connectivity index (χ0v) is 9.49. The van der Waals surface area contributed by atoms with Crippen LogP contribution < -0.4 is 0 Å². The first-order valence-electron chi connectivity index (χ1n) is 4.89. The standard InChI is InChI=1S/C11H12ClN3/c1-3-9-11(12)8(2)14-15(9)10-6-4-5-7-13-10/h4-7H,3H2,1-2H3. The summed E-state index contributed by atoms with van der Waals surface area (Å²) in [5.74, 6) is 0.810. The molecule has 78 valence electrons. The van der Waals surface area contributed by atoms with E-state index in [0.717, 1.165) is 28.6 Å². The van der Waals surface area contributed by atoms with Gasteiger partial charge in [-0.3, -0.25) is 0 Å². The van der Waals surface area contributed by atoms with Crippen molar-refractivity contribution in [1.29, 1.82) is 0 Å². The third-order valence-electron chi connectivity index (χ3n) is 2.28. The van der Waals surface area contributed by atoms with Crippen LogP contribution in [-0.2, 0) is 6.42 Å². The molecule has 2 rings (SSSR count). The Hall–Kier alpha value is -1.35. The zero-order valence-electron chi connectivity index (χ0n) is 8.74. The van der Waals surface area contributed by atoms with Gasteiger partial charge in [-0.2, -0.15) is 5.10 Å². The van der Waals surface area contributed by atoms with Crippen LogP contribution in [0.2, 0.25) is 5.02 Å². The lowest BCUT2D eigenvalue weighted by molar-refractivity contribution is 0.781. The van der Waals surface area contributed by atoms with Crippen molar-refractivity contribution in [3.05, 3.63) is 40.8 Å². The van der Waals surface area contributed by atoms with Gasteiger partial charge in [0.2, 0.25) is 0 Å². The molecule has 0 unspecified atom stereocenters. The van der Waals surface area contributed by atoms with Gasteiger partial charge >= 0.3 is 0 Å². The molecule has 0 fully saturated rings. The van der Waals surface area contributed by atoms with Crippen LogP contribution in [0, 0.1) is 6.92 Å². The second-order valence-electron chi connectivity index (χ2n) is 3.30. The van der Waals surface area contributed by atoms with Gasteiger partial charge < -0.3 is 0 Å². The average molecular weight is 222 g/mol. The Morgan fingerprint density at radius 2 is 2.20 bits per heavy atom. The summed E-state index contributed by atoms with van der Waals surface area (Å²) in [5.41, 5.74) is 1.85. The van der Waals surface area contributed by atoms with Gasteiger partial charge in [0, 0.05) is 6.20 Å². The lowest BCUT2D eigenvalue weighted by Crippen LogP contribution is -2.03. The van der Waals surface area contributed by atoms with Gasteiger partial charge in [0.05, 0.1) is 16.4 Å². The van der Waals surface area contributed by atoms with E-state index in [2.05, 4.69) is 17.0 Å². The smallest absolute Gasteiger partial charge is 0.153 e. The van der Waals surface area contributed by atoms with Crippen LogP contribution in [0.4, 0.5) is 0 Å². The third kappa shape index (κ3) is 1.75. The first-order chi connectivity index (χ1) is 7.24. The minimum atomic E-state index is 0.739. The van der Waals surface area contributed by atoms with Crippen molar-refractivity contribution in [3.8, 4) is 5.82 Å². The summed E-state index contributed by atoms with van der Waals surface area (Å²) < 4.78 is 1.80. The van der Waals surface area contributed by atoms with E-state index in [9.17, 15) is 0 Å². The van der Waals surface area contributed by atoms with Crippen molar-refractivity contribution in [2.75, 3.05) is 0 Å². The van der Waals surface area contributed by atoms with Crippen molar-refractivity contribution in [3.63, 3.8) is 0 Å². The summed E-state index contributed by atoms with van der Waals surface area (Å²) in [6.07, 6.45) is 2.59. The van der Waals surface area contributed by atoms with Crippen molar-refractivity contribution in [1.82, 2.24) is 14.8 Å². The van der Waals surface area contributed by atoms with E-state index < -0.39 is 0 Å². The first kappa shape index (κ1) is 10.2. The SMILES string of the molecule is CCc1c(Cl)c(C)nn1-c1ccccn1. The fourth-order valence-corrected chi connectivity index (χ4v) is 1.78. The van der Waals surface area contributed by atoms with Crippen LogP contribution >= 0.6 is 11.6 Å². The summed E-state index contributed by atoms with van der Waals surface area (Å²) >= 11 is 6.15. The molecule has 2 aromatic heterocycles. The summed E-state index contributed by atoms with van der Waals surface area (Å²) in [7, 11) is 0. The molecule has 0 amide bonds. The van der Waals surface area contributed by atoms with Crippen LogP contribution in [-0.4, -0.2) is 14.8 Å². The van der Waals surface area contributed by atoms with E-state index >= 15 is 0 Å². The maximum Gasteiger partial charge on any atom is 0.153 e. The quantitative estimate of drug-likeness (QED) is 0.781. The summed E-state index contributed by atoms with van der Waals surface area (Å²) in [4.78, 5) is 4.25. The highest BCUT2D eigenvalue weighted by Gasteiger charge is 2.12. The molecule has 15 heavy (non-hydrogen) atoms. The molecule has 0 spiro atoms. The summed E-state index contributed by atoms with van der Waals surface area (Å²) in [6, 6.07) is 5.74. The van der Waals surface area contributed by atoms with Crippen LogP contribution in [0.3, 0.4) is 0 Å². The van der Waals surface area contributed by atoms with Crippen molar-refractivity contribution in [2.24, 2.45) is 0 Å². The maximum atomic E-state index is 6.15. The molecule has 0 saturated heterocycles. The molecule has 0 aliphatic heterocycles. The van der Waals surface area contributed by atoms with Gasteiger partial charge in [-0.15, -0.1) is 0 Å². The molecule has 3 nitrogen and oxygen atoms in total. The highest BCUT2D eigenvalue weighted by molar-refractivity contribution is 6.31. The Bertz CT molecular complexity index is 462. The number of nitrogens with zero attached hydrogens (tertiary/aromatic N) is 3. The van der Waals surface area contributed by atoms with Gasteiger partial charge in [-0.25, -0.2) is 9.67 Å². The molecule has 4 heteroatoms. The van der Waals surface area contributed by atoms with Crippen LogP contribution in [0.1, 0.15) is 18.3 Å². The van der Waals surface area contributed by atoms with Gasteiger partial charge in [0.1, 0.15) is 0 Å². The summed E-state index contributed by atoms with van der Waals surface area (Å²) in [6.45, 7) is 3.96. The highest BCUT2D eigenvalue weighted by Crippen LogP contribution is 2.22. The Kier molecular flexibility index (Phi) is 2.73. The minimum Gasteiger partial charge on any atom is -0.237 e. The number of hydrogen-bond acceptors (Lipinski definition) is 2. The minimum absolute atomic E-state index is 0.739. The van der Waals surface area contributed by atoms with E-state index in [-0.39, 0.29) is 0 Å². The van der Waals surface area contributed by atoms with Crippen molar-refractivity contribution < 1.29 is 0 Å². The molecular formula is C11H12ClN3. The van der Waals surface area contributed by atoms with Crippen molar-refractivity contribution >= 4 is 11.6 Å². The molecule has 0 radical (unpaired) electrons. The van der Waals surface area contributed by atoms with E-state index in [1.165, 1.54) is 0 Å². The number of aryl methyl sites for hydroxylation is 1. The van der Waals surface area contributed by atoms with E-state index in [1.54, 1.807) is 10.9 Å². The average Bonchev–Trinajstić information content (AvgIpc) is 2.56. The Morgan fingerprint density at radius 1 is 1.40 bits per heavy atom. The Balaban J connectivity index is 2.58. The molecule has 0 aromatic carbocycles. The van der Waals surface area contributed by atoms with E-state index in [1.807, 2.05) is 25.1 Å². The Morgan fingerprint density at radius 3 is 2.80 bits per heavy atom. The van der Waals surface area contributed by atoms with Gasteiger partial charge in [0.25, 0.3) is 0 Å².